The van der Waals surface area contributed by atoms with E-state index in [0.29, 0.717) is 32.8 Å². The number of halogens is 1. The van der Waals surface area contributed by atoms with Gasteiger partial charge in [-0.05, 0) is 66.8 Å². The molecule has 0 radical (unpaired) electrons. The predicted molar refractivity (Wildman–Crippen MR) is 153 cm³/mol. The van der Waals surface area contributed by atoms with Gasteiger partial charge < -0.3 is 4.90 Å². The van der Waals surface area contributed by atoms with Crippen molar-refractivity contribution < 1.29 is 9.18 Å². The van der Waals surface area contributed by atoms with Crippen LogP contribution in [0.3, 0.4) is 0 Å². The van der Waals surface area contributed by atoms with E-state index in [-0.39, 0.29) is 23.8 Å². The van der Waals surface area contributed by atoms with Gasteiger partial charge in [0.15, 0.2) is 0 Å². The van der Waals surface area contributed by atoms with Crippen molar-refractivity contribution in [2.24, 2.45) is 0 Å². The molecule has 6 rings (SSSR count). The van der Waals surface area contributed by atoms with E-state index >= 15 is 0 Å². The van der Waals surface area contributed by atoms with Crippen LogP contribution in [-0.4, -0.2) is 31.1 Å². The zero-order valence-corrected chi connectivity index (χ0v) is 22.2. The highest BCUT2D eigenvalue weighted by molar-refractivity contribution is 8.26. The molecule has 1 fully saturated rings. The van der Waals surface area contributed by atoms with E-state index in [1.165, 1.54) is 27.0 Å². The van der Waals surface area contributed by atoms with Crippen molar-refractivity contribution in [2.45, 2.75) is 26.3 Å². The molecule has 0 bridgehead atoms. The van der Waals surface area contributed by atoms with Crippen molar-refractivity contribution in [1.29, 1.82) is 0 Å². The second-order valence-corrected chi connectivity index (χ2v) is 11.0. The smallest absolute Gasteiger partial charge is 0.267 e. The maximum absolute atomic E-state index is 13.9. The van der Waals surface area contributed by atoms with Gasteiger partial charge in [-0.25, -0.2) is 9.37 Å². The third kappa shape index (κ3) is 4.31. The lowest BCUT2D eigenvalue weighted by Gasteiger charge is -2.31. The molecule has 2 aliphatic rings. The van der Waals surface area contributed by atoms with Crippen molar-refractivity contribution >= 4 is 57.4 Å². The first kappa shape index (κ1) is 24.5. The van der Waals surface area contributed by atoms with Crippen molar-refractivity contribution in [3.05, 3.63) is 110 Å². The Bertz CT molecular complexity index is 1700. The van der Waals surface area contributed by atoms with Gasteiger partial charge in [-0.2, -0.15) is 0 Å². The van der Waals surface area contributed by atoms with Crippen LogP contribution in [0.15, 0.2) is 76.6 Å². The van der Waals surface area contributed by atoms with Gasteiger partial charge in [0.2, 0.25) is 0 Å². The lowest BCUT2D eigenvalue weighted by molar-refractivity contribution is -0.122. The molecule has 6 nitrogen and oxygen atoms in total. The first-order valence-corrected chi connectivity index (χ1v) is 13.5. The summed E-state index contributed by atoms with van der Waals surface area (Å²) < 4.78 is 15.3. The number of aryl methyl sites for hydroxylation is 2. The molecule has 0 unspecified atom stereocenters. The van der Waals surface area contributed by atoms with Crippen molar-refractivity contribution in [3.63, 3.8) is 0 Å². The van der Waals surface area contributed by atoms with Crippen LogP contribution in [-0.2, 0) is 17.8 Å². The van der Waals surface area contributed by atoms with Crippen LogP contribution >= 0.6 is 24.0 Å². The van der Waals surface area contributed by atoms with E-state index in [0.717, 1.165) is 41.4 Å². The van der Waals surface area contributed by atoms with E-state index in [1.807, 2.05) is 37.3 Å². The van der Waals surface area contributed by atoms with E-state index < -0.39 is 0 Å². The molecule has 0 saturated carbocycles. The molecule has 1 amide bonds. The number of carbonyl (C=O) groups excluding carboxylic acids is 1. The highest BCUT2D eigenvalue weighted by atomic mass is 32.2. The van der Waals surface area contributed by atoms with Crippen LogP contribution in [0, 0.1) is 12.7 Å². The molecule has 0 aliphatic carbocycles. The molecule has 2 aliphatic heterocycles. The summed E-state index contributed by atoms with van der Waals surface area (Å²) in [5, 5.41) is 0. The van der Waals surface area contributed by atoms with Crippen molar-refractivity contribution in [2.75, 3.05) is 11.4 Å². The first-order valence-electron chi connectivity index (χ1n) is 12.3. The number of thiocarbonyl (C=S) groups is 1. The largest absolute Gasteiger partial charge is 0.325 e. The number of carbonyl (C=O) groups is 1. The van der Waals surface area contributed by atoms with Gasteiger partial charge in [0, 0.05) is 18.4 Å². The molecule has 2 aromatic heterocycles. The lowest BCUT2D eigenvalue weighted by Crippen LogP contribution is -2.30. The van der Waals surface area contributed by atoms with Crippen LogP contribution < -0.4 is 10.5 Å². The number of benzene rings is 2. The van der Waals surface area contributed by atoms with Gasteiger partial charge >= 0.3 is 0 Å². The highest BCUT2D eigenvalue weighted by Gasteiger charge is 2.33. The molecule has 0 spiro atoms. The monoisotopic (exact) mass is 542 g/mol. The quantitative estimate of drug-likeness (QED) is 0.246. The van der Waals surface area contributed by atoms with E-state index in [2.05, 4.69) is 11.0 Å². The molecule has 4 aromatic rings. The standard InChI is InChI=1S/C29H23FN4O2S2/c1-18-6-4-15-33-25(18)31-26(32-14-5-8-20-7-2-3-9-23(20)32)22(27(33)35)16-24-28(36)34(29(37)38-24)17-19-10-12-21(30)13-11-19/h2-4,6-7,9-13,15-16H,5,8,14,17H2,1H3. The Morgan fingerprint density at radius 3 is 2.68 bits per heavy atom. The summed E-state index contributed by atoms with van der Waals surface area (Å²) in [5.41, 5.74) is 4.53. The fraction of sp³-hybridized carbons (Fsp3) is 0.172. The number of hydrogen-bond acceptors (Lipinski definition) is 6. The number of aromatic nitrogens is 2. The van der Waals surface area contributed by atoms with Gasteiger partial charge in [-0.1, -0.05) is 60.4 Å². The number of thioether (sulfide) groups is 1. The molecule has 4 heterocycles. The van der Waals surface area contributed by atoms with Crippen molar-refractivity contribution in [3.8, 4) is 0 Å². The molecule has 0 atom stereocenters. The molecule has 9 heteroatoms. The summed E-state index contributed by atoms with van der Waals surface area (Å²) in [6, 6.07) is 17.9. The minimum absolute atomic E-state index is 0.225. The number of anilines is 2. The Balaban J connectivity index is 1.47. The number of fused-ring (bicyclic) bond motifs is 2. The van der Waals surface area contributed by atoms with Gasteiger partial charge in [0.25, 0.3) is 11.5 Å². The normalized spacial score (nSPS) is 16.5. The molecule has 190 valence electrons. The first-order chi connectivity index (χ1) is 18.4. The Labute approximate surface area is 228 Å². The number of para-hydroxylation sites is 1. The van der Waals surface area contributed by atoms with Gasteiger partial charge in [-0.3, -0.25) is 18.9 Å². The fourth-order valence-electron chi connectivity index (χ4n) is 4.93. The number of hydrogen-bond donors (Lipinski definition) is 0. The third-order valence-electron chi connectivity index (χ3n) is 6.83. The Hall–Kier alpha value is -3.82. The summed E-state index contributed by atoms with van der Waals surface area (Å²) in [6.45, 7) is 2.86. The second-order valence-electron chi connectivity index (χ2n) is 9.32. The fourth-order valence-corrected chi connectivity index (χ4v) is 6.16. The lowest BCUT2D eigenvalue weighted by atomic mass is 10.0. The van der Waals surface area contributed by atoms with Crippen LogP contribution in [0.4, 0.5) is 15.9 Å². The molecular formula is C29H23FN4O2S2. The molecule has 38 heavy (non-hydrogen) atoms. The van der Waals surface area contributed by atoms with E-state index in [4.69, 9.17) is 17.2 Å². The van der Waals surface area contributed by atoms with E-state index in [9.17, 15) is 14.0 Å². The topological polar surface area (TPSA) is 57.9 Å². The summed E-state index contributed by atoms with van der Waals surface area (Å²) >= 11 is 6.67. The van der Waals surface area contributed by atoms with Gasteiger partial charge in [0.1, 0.15) is 21.6 Å². The van der Waals surface area contributed by atoms with Crippen LogP contribution in [0.1, 0.15) is 28.7 Å². The average molecular weight is 543 g/mol. The number of pyridine rings is 1. The molecule has 0 N–H and O–H groups in total. The number of amides is 1. The SMILES string of the molecule is Cc1cccn2c(=O)c(C=C3SC(=S)N(Cc4ccc(F)cc4)C3=O)c(N3CCCc4ccccc43)nc12. The van der Waals surface area contributed by atoms with Crippen LogP contribution in [0.25, 0.3) is 11.7 Å². The predicted octanol–water partition coefficient (Wildman–Crippen LogP) is 5.63. The summed E-state index contributed by atoms with van der Waals surface area (Å²) in [5.74, 6) is -0.103. The molecule has 1 saturated heterocycles. The van der Waals surface area contributed by atoms with Gasteiger partial charge in [0.05, 0.1) is 17.0 Å². The summed E-state index contributed by atoms with van der Waals surface area (Å²) in [7, 11) is 0. The minimum atomic E-state index is -0.342. The maximum Gasteiger partial charge on any atom is 0.267 e. The second kappa shape index (κ2) is 9.81. The average Bonchev–Trinajstić information content (AvgIpc) is 3.19. The summed E-state index contributed by atoms with van der Waals surface area (Å²) in [6.07, 6.45) is 5.20. The van der Waals surface area contributed by atoms with Crippen LogP contribution in [0.5, 0.6) is 0 Å². The third-order valence-corrected chi connectivity index (χ3v) is 8.21. The number of nitrogens with zero attached hydrogens (tertiary/aromatic N) is 4. The maximum atomic E-state index is 13.9. The number of rotatable bonds is 4. The zero-order valence-electron chi connectivity index (χ0n) is 20.6. The molecular weight excluding hydrogens is 519 g/mol. The highest BCUT2D eigenvalue weighted by Crippen LogP contribution is 2.37. The van der Waals surface area contributed by atoms with Crippen LogP contribution in [0.2, 0.25) is 0 Å². The summed E-state index contributed by atoms with van der Waals surface area (Å²) in [4.78, 5) is 36.2. The minimum Gasteiger partial charge on any atom is -0.325 e. The Kier molecular flexibility index (Phi) is 6.33. The Morgan fingerprint density at radius 1 is 1.08 bits per heavy atom. The van der Waals surface area contributed by atoms with E-state index in [1.54, 1.807) is 24.4 Å². The Morgan fingerprint density at radius 2 is 1.87 bits per heavy atom. The van der Waals surface area contributed by atoms with Gasteiger partial charge in [-0.15, -0.1) is 0 Å². The zero-order chi connectivity index (χ0) is 26.4. The van der Waals surface area contributed by atoms with Crippen molar-refractivity contribution in [1.82, 2.24) is 14.3 Å². The molecule has 2 aromatic carbocycles.